The molecule has 0 aliphatic heterocycles. The lowest BCUT2D eigenvalue weighted by atomic mass is 9.97. The van der Waals surface area contributed by atoms with Crippen LogP contribution >= 0.6 is 0 Å². The average Bonchev–Trinajstić information content (AvgIpc) is 2.43. The summed E-state index contributed by atoms with van der Waals surface area (Å²) < 4.78 is 0. The number of hydrogen-bond donors (Lipinski definition) is 0. The van der Waals surface area contributed by atoms with Crippen LogP contribution in [0.5, 0.6) is 0 Å². The molecule has 0 atom stereocenters. The molecule has 0 saturated carbocycles. The first-order valence-electron chi connectivity index (χ1n) is 6.37. The molecule has 2 heteroatoms. The molecule has 3 aromatic rings. The SMILES string of the molecule is CN(C)/N=C\c1c2ccccc2cc2ccccc12. The van der Waals surface area contributed by atoms with E-state index in [0.29, 0.717) is 0 Å². The quantitative estimate of drug-likeness (QED) is 0.381. The van der Waals surface area contributed by atoms with Gasteiger partial charge >= 0.3 is 0 Å². The fourth-order valence-corrected chi connectivity index (χ4v) is 2.36. The van der Waals surface area contributed by atoms with Crippen molar-refractivity contribution < 1.29 is 0 Å². The average molecular weight is 248 g/mol. The standard InChI is InChI=1S/C17H16N2/c1-19(2)18-12-17-15-9-5-3-7-13(15)11-14-8-4-6-10-16(14)17/h3-12H,1-2H3/b18-12-. The first-order chi connectivity index (χ1) is 9.25. The second kappa shape index (κ2) is 4.73. The maximum Gasteiger partial charge on any atom is 0.0555 e. The molecule has 0 aromatic heterocycles. The molecule has 0 fully saturated rings. The maximum absolute atomic E-state index is 4.40. The molecule has 0 spiro atoms. The number of nitrogens with zero attached hydrogens (tertiary/aromatic N) is 2. The van der Waals surface area contributed by atoms with Crippen LogP contribution in [0.4, 0.5) is 0 Å². The predicted octanol–water partition coefficient (Wildman–Crippen LogP) is 3.89. The molecular formula is C17H16N2. The topological polar surface area (TPSA) is 15.6 Å². The lowest BCUT2D eigenvalue weighted by molar-refractivity contribution is 0.440. The fraction of sp³-hybridized carbons (Fsp3) is 0.118. The Morgan fingerprint density at radius 1 is 0.842 bits per heavy atom. The van der Waals surface area contributed by atoms with E-state index in [2.05, 4.69) is 59.7 Å². The Labute approximate surface area is 113 Å². The monoisotopic (exact) mass is 248 g/mol. The fourth-order valence-electron chi connectivity index (χ4n) is 2.36. The van der Waals surface area contributed by atoms with Gasteiger partial charge in [0.05, 0.1) is 6.21 Å². The second-order valence-corrected chi connectivity index (χ2v) is 4.82. The number of benzene rings is 3. The van der Waals surface area contributed by atoms with E-state index in [1.807, 2.05) is 25.3 Å². The van der Waals surface area contributed by atoms with Crippen LogP contribution < -0.4 is 0 Å². The summed E-state index contributed by atoms with van der Waals surface area (Å²) >= 11 is 0. The van der Waals surface area contributed by atoms with Gasteiger partial charge < -0.3 is 5.01 Å². The highest BCUT2D eigenvalue weighted by molar-refractivity contribution is 6.13. The maximum atomic E-state index is 4.40. The zero-order chi connectivity index (χ0) is 13.2. The molecule has 0 bridgehead atoms. The van der Waals surface area contributed by atoms with Crippen LogP contribution in [-0.2, 0) is 0 Å². The Balaban J connectivity index is 2.39. The summed E-state index contributed by atoms with van der Waals surface area (Å²) in [4.78, 5) is 0. The Kier molecular flexibility index (Phi) is 2.92. The molecule has 0 N–H and O–H groups in total. The lowest BCUT2D eigenvalue weighted by Gasteiger charge is -2.09. The van der Waals surface area contributed by atoms with Crippen LogP contribution in [-0.4, -0.2) is 25.3 Å². The Bertz CT molecular complexity index is 703. The first kappa shape index (κ1) is 11.7. The summed E-state index contributed by atoms with van der Waals surface area (Å²) in [6.45, 7) is 0. The third-order valence-corrected chi connectivity index (χ3v) is 3.23. The van der Waals surface area contributed by atoms with Crippen molar-refractivity contribution in [3.63, 3.8) is 0 Å². The molecule has 19 heavy (non-hydrogen) atoms. The minimum absolute atomic E-state index is 1.18. The van der Waals surface area contributed by atoms with E-state index in [4.69, 9.17) is 0 Å². The van der Waals surface area contributed by atoms with Crippen LogP contribution in [0.15, 0.2) is 59.7 Å². The van der Waals surface area contributed by atoms with E-state index < -0.39 is 0 Å². The summed E-state index contributed by atoms with van der Waals surface area (Å²) in [6, 6.07) is 19.1. The smallest absolute Gasteiger partial charge is 0.0555 e. The molecule has 0 saturated heterocycles. The van der Waals surface area contributed by atoms with E-state index in [1.54, 1.807) is 0 Å². The van der Waals surface area contributed by atoms with Gasteiger partial charge in [-0.3, -0.25) is 0 Å². The van der Waals surface area contributed by atoms with Gasteiger partial charge in [-0.1, -0.05) is 48.5 Å². The van der Waals surface area contributed by atoms with Crippen molar-refractivity contribution in [3.8, 4) is 0 Å². The predicted molar refractivity (Wildman–Crippen MR) is 82.7 cm³/mol. The Hall–Kier alpha value is -2.35. The van der Waals surface area contributed by atoms with Gasteiger partial charge in [0.2, 0.25) is 0 Å². The number of fused-ring (bicyclic) bond motifs is 2. The van der Waals surface area contributed by atoms with Gasteiger partial charge in [0.1, 0.15) is 0 Å². The van der Waals surface area contributed by atoms with Gasteiger partial charge in [0, 0.05) is 19.7 Å². The zero-order valence-corrected chi connectivity index (χ0v) is 11.2. The van der Waals surface area contributed by atoms with E-state index in [1.165, 1.54) is 27.1 Å². The molecule has 0 unspecified atom stereocenters. The summed E-state index contributed by atoms with van der Waals surface area (Å²) in [5.74, 6) is 0. The van der Waals surface area contributed by atoms with E-state index in [9.17, 15) is 0 Å². The van der Waals surface area contributed by atoms with Crippen LogP contribution in [0.3, 0.4) is 0 Å². The van der Waals surface area contributed by atoms with Gasteiger partial charge in [0.15, 0.2) is 0 Å². The molecule has 0 radical (unpaired) electrons. The Morgan fingerprint density at radius 2 is 1.37 bits per heavy atom. The van der Waals surface area contributed by atoms with Crippen LogP contribution in [0.25, 0.3) is 21.5 Å². The highest BCUT2D eigenvalue weighted by Crippen LogP contribution is 2.27. The number of hydrogen-bond acceptors (Lipinski definition) is 2. The molecule has 3 aromatic carbocycles. The van der Waals surface area contributed by atoms with Crippen molar-refractivity contribution in [3.05, 3.63) is 60.2 Å². The summed E-state index contributed by atoms with van der Waals surface area (Å²) in [5, 5.41) is 11.2. The minimum atomic E-state index is 1.18. The second-order valence-electron chi connectivity index (χ2n) is 4.82. The van der Waals surface area contributed by atoms with E-state index in [0.717, 1.165) is 0 Å². The molecule has 3 rings (SSSR count). The molecule has 0 amide bonds. The van der Waals surface area contributed by atoms with Crippen molar-refractivity contribution >= 4 is 27.8 Å². The highest BCUT2D eigenvalue weighted by atomic mass is 15.4. The lowest BCUT2D eigenvalue weighted by Crippen LogP contribution is -2.02. The molecular weight excluding hydrogens is 232 g/mol. The van der Waals surface area contributed by atoms with Gasteiger partial charge in [-0.05, 0) is 27.6 Å². The van der Waals surface area contributed by atoms with E-state index in [-0.39, 0.29) is 0 Å². The highest BCUT2D eigenvalue weighted by Gasteiger charge is 2.05. The van der Waals surface area contributed by atoms with Gasteiger partial charge in [-0.25, -0.2) is 0 Å². The molecule has 0 aliphatic rings. The molecule has 2 nitrogen and oxygen atoms in total. The molecule has 0 heterocycles. The van der Waals surface area contributed by atoms with Crippen LogP contribution in [0.1, 0.15) is 5.56 Å². The van der Waals surface area contributed by atoms with Crippen molar-refractivity contribution in [2.24, 2.45) is 5.10 Å². The third kappa shape index (κ3) is 2.17. The zero-order valence-electron chi connectivity index (χ0n) is 11.2. The first-order valence-corrected chi connectivity index (χ1v) is 6.37. The van der Waals surface area contributed by atoms with Gasteiger partial charge in [0.25, 0.3) is 0 Å². The van der Waals surface area contributed by atoms with Crippen molar-refractivity contribution in [1.29, 1.82) is 0 Å². The molecule has 94 valence electrons. The molecule has 0 aliphatic carbocycles. The third-order valence-electron chi connectivity index (χ3n) is 3.23. The van der Waals surface area contributed by atoms with Crippen molar-refractivity contribution in [2.45, 2.75) is 0 Å². The van der Waals surface area contributed by atoms with Gasteiger partial charge in [-0.15, -0.1) is 0 Å². The summed E-state index contributed by atoms with van der Waals surface area (Å²) in [7, 11) is 3.87. The number of hydrazone groups is 1. The largest absolute Gasteiger partial charge is 0.303 e. The number of rotatable bonds is 2. The Morgan fingerprint density at radius 3 is 1.89 bits per heavy atom. The van der Waals surface area contributed by atoms with Crippen molar-refractivity contribution in [1.82, 2.24) is 5.01 Å². The van der Waals surface area contributed by atoms with Gasteiger partial charge in [-0.2, -0.15) is 5.10 Å². The summed E-state index contributed by atoms with van der Waals surface area (Å²) in [5.41, 5.74) is 1.18. The van der Waals surface area contributed by atoms with Crippen LogP contribution in [0.2, 0.25) is 0 Å². The summed E-state index contributed by atoms with van der Waals surface area (Å²) in [6.07, 6.45) is 1.95. The van der Waals surface area contributed by atoms with Crippen molar-refractivity contribution in [2.75, 3.05) is 14.1 Å². The van der Waals surface area contributed by atoms with E-state index >= 15 is 0 Å². The minimum Gasteiger partial charge on any atom is -0.303 e. The van der Waals surface area contributed by atoms with Crippen LogP contribution in [0, 0.1) is 0 Å². The normalized spacial score (nSPS) is 11.5.